The van der Waals surface area contributed by atoms with E-state index in [0.29, 0.717) is 29.8 Å². The summed E-state index contributed by atoms with van der Waals surface area (Å²) >= 11 is 18.1. The smallest absolute Gasteiger partial charge is 0.215 e. The first-order valence-corrected chi connectivity index (χ1v) is 13.9. The Morgan fingerprint density at radius 1 is 1.16 bits per heavy atom. The average Bonchev–Trinajstić information content (AvgIpc) is 3.59. The zero-order valence-electron chi connectivity index (χ0n) is 21.2. The SMILES string of the molecule is CCNC(=S)N1CCN(c2ccc(OCC3COC(Cn4ccnc4)(c4ccc(Cl)cc4Cl)O3)cc2)CC1. The van der Waals surface area contributed by atoms with Crippen molar-refractivity contribution < 1.29 is 14.2 Å². The number of imidazole rings is 1. The van der Waals surface area contributed by atoms with Crippen molar-refractivity contribution in [3.05, 3.63) is 76.8 Å². The standard InChI is InChI=1S/C27H31Cl2N5O3S/c1-2-31-26(38)34-13-11-33(12-14-34)21-4-6-22(7-5-21)35-16-23-17-36-27(37-23,18-32-10-9-30-19-32)24-8-3-20(28)15-25(24)29/h3-10,15,19,23H,2,11-14,16-18H2,1H3,(H,31,38). The third kappa shape index (κ3) is 6.18. The summed E-state index contributed by atoms with van der Waals surface area (Å²) in [5.41, 5.74) is 1.89. The summed E-state index contributed by atoms with van der Waals surface area (Å²) in [5, 5.41) is 5.10. The molecule has 2 aromatic carbocycles. The van der Waals surface area contributed by atoms with Gasteiger partial charge in [0.15, 0.2) is 5.11 Å². The molecule has 0 saturated carbocycles. The zero-order chi connectivity index (χ0) is 26.5. The summed E-state index contributed by atoms with van der Waals surface area (Å²) in [7, 11) is 0. The Morgan fingerprint density at radius 3 is 2.63 bits per heavy atom. The minimum Gasteiger partial charge on any atom is -0.491 e. The topological polar surface area (TPSA) is 64.0 Å². The Hall–Kier alpha value is -2.56. The highest BCUT2D eigenvalue weighted by atomic mass is 35.5. The molecule has 11 heteroatoms. The van der Waals surface area contributed by atoms with E-state index in [-0.39, 0.29) is 6.10 Å². The minimum atomic E-state index is -1.07. The van der Waals surface area contributed by atoms with Gasteiger partial charge in [-0.15, -0.1) is 0 Å². The van der Waals surface area contributed by atoms with Crippen molar-refractivity contribution in [3.63, 3.8) is 0 Å². The van der Waals surface area contributed by atoms with Gasteiger partial charge >= 0.3 is 0 Å². The molecule has 5 rings (SSSR count). The number of nitrogens with zero attached hydrogens (tertiary/aromatic N) is 4. The molecule has 2 saturated heterocycles. The summed E-state index contributed by atoms with van der Waals surface area (Å²) in [6.45, 7) is 7.66. The van der Waals surface area contributed by atoms with Crippen molar-refractivity contribution in [2.75, 3.05) is 50.8 Å². The number of benzene rings is 2. The predicted octanol–water partition coefficient (Wildman–Crippen LogP) is 4.55. The van der Waals surface area contributed by atoms with Crippen LogP contribution >= 0.6 is 35.4 Å². The van der Waals surface area contributed by atoms with Crippen LogP contribution in [0, 0.1) is 0 Å². The molecule has 0 radical (unpaired) electrons. The van der Waals surface area contributed by atoms with E-state index in [1.54, 1.807) is 24.7 Å². The van der Waals surface area contributed by atoms with Crippen LogP contribution in [0.3, 0.4) is 0 Å². The first-order chi connectivity index (χ1) is 18.5. The fourth-order valence-corrected chi connectivity index (χ4v) is 5.63. The molecular formula is C27H31Cl2N5O3S. The summed E-state index contributed by atoms with van der Waals surface area (Å²) in [5.74, 6) is -0.293. The zero-order valence-corrected chi connectivity index (χ0v) is 23.5. The summed E-state index contributed by atoms with van der Waals surface area (Å²) in [6.07, 6.45) is 5.02. The highest BCUT2D eigenvalue weighted by Crippen LogP contribution is 2.40. The summed E-state index contributed by atoms with van der Waals surface area (Å²) in [4.78, 5) is 8.73. The van der Waals surface area contributed by atoms with Gasteiger partial charge in [0.05, 0.1) is 24.5 Å². The van der Waals surface area contributed by atoms with E-state index in [1.165, 1.54) is 5.69 Å². The molecule has 0 spiro atoms. The predicted molar refractivity (Wildman–Crippen MR) is 153 cm³/mol. The van der Waals surface area contributed by atoms with Gasteiger partial charge in [0, 0.05) is 61.4 Å². The van der Waals surface area contributed by atoms with Crippen LogP contribution in [-0.4, -0.2) is 71.6 Å². The molecule has 2 aliphatic rings. The second kappa shape index (κ2) is 12.1. The number of nitrogens with one attached hydrogen (secondary N) is 1. The molecule has 2 fully saturated rings. The van der Waals surface area contributed by atoms with Gasteiger partial charge in [0.25, 0.3) is 0 Å². The maximum atomic E-state index is 6.56. The lowest BCUT2D eigenvalue weighted by Crippen LogP contribution is -2.51. The van der Waals surface area contributed by atoms with E-state index in [1.807, 2.05) is 29.0 Å². The van der Waals surface area contributed by atoms with Gasteiger partial charge in [-0.05, 0) is 55.5 Å². The van der Waals surface area contributed by atoms with Crippen molar-refractivity contribution in [2.24, 2.45) is 0 Å². The lowest BCUT2D eigenvalue weighted by Gasteiger charge is -2.37. The Balaban J connectivity index is 1.19. The highest BCUT2D eigenvalue weighted by Gasteiger charge is 2.45. The summed E-state index contributed by atoms with van der Waals surface area (Å²) in [6, 6.07) is 13.5. The minimum absolute atomic E-state index is 0.279. The normalized spacial score (nSPS) is 21.5. The molecule has 8 nitrogen and oxygen atoms in total. The maximum Gasteiger partial charge on any atom is 0.215 e. The van der Waals surface area contributed by atoms with Gasteiger partial charge in [-0.3, -0.25) is 0 Å². The molecule has 38 heavy (non-hydrogen) atoms. The van der Waals surface area contributed by atoms with Crippen LogP contribution < -0.4 is 15.0 Å². The largest absolute Gasteiger partial charge is 0.491 e. The van der Waals surface area contributed by atoms with Crippen molar-refractivity contribution >= 4 is 46.2 Å². The molecule has 3 aromatic rings. The number of ether oxygens (including phenoxy) is 3. The average molecular weight is 577 g/mol. The van der Waals surface area contributed by atoms with Crippen LogP contribution in [0.2, 0.25) is 10.0 Å². The Kier molecular flexibility index (Phi) is 8.60. The fraction of sp³-hybridized carbons (Fsp3) is 0.407. The molecule has 202 valence electrons. The molecule has 0 aliphatic carbocycles. The Labute approximate surface area is 238 Å². The number of anilines is 1. The van der Waals surface area contributed by atoms with E-state index < -0.39 is 5.79 Å². The van der Waals surface area contributed by atoms with Crippen LogP contribution in [0.25, 0.3) is 0 Å². The van der Waals surface area contributed by atoms with Gasteiger partial charge in [-0.25, -0.2) is 4.98 Å². The number of rotatable bonds is 8. The Morgan fingerprint density at radius 2 is 1.95 bits per heavy atom. The lowest BCUT2D eigenvalue weighted by atomic mass is 10.1. The van der Waals surface area contributed by atoms with Crippen LogP contribution in [-0.2, 0) is 21.8 Å². The number of hydrogen-bond acceptors (Lipinski definition) is 6. The van der Waals surface area contributed by atoms with Gasteiger partial charge < -0.3 is 33.9 Å². The quantitative estimate of drug-likeness (QED) is 0.392. The number of aromatic nitrogens is 2. The van der Waals surface area contributed by atoms with Crippen molar-refractivity contribution in [1.82, 2.24) is 19.8 Å². The first-order valence-electron chi connectivity index (χ1n) is 12.7. The second-order valence-electron chi connectivity index (χ2n) is 9.28. The van der Waals surface area contributed by atoms with Crippen molar-refractivity contribution in [1.29, 1.82) is 0 Å². The van der Waals surface area contributed by atoms with Crippen molar-refractivity contribution in [2.45, 2.75) is 25.4 Å². The maximum absolute atomic E-state index is 6.56. The molecule has 0 amide bonds. The molecule has 1 N–H and O–H groups in total. The van der Waals surface area contributed by atoms with Crippen LogP contribution in [0.1, 0.15) is 12.5 Å². The first kappa shape index (κ1) is 27.0. The van der Waals surface area contributed by atoms with Crippen LogP contribution in [0.15, 0.2) is 61.2 Å². The van der Waals surface area contributed by atoms with E-state index in [0.717, 1.165) is 49.1 Å². The monoisotopic (exact) mass is 575 g/mol. The van der Waals surface area contributed by atoms with Crippen LogP contribution in [0.4, 0.5) is 5.69 Å². The number of hydrogen-bond donors (Lipinski definition) is 1. The molecule has 2 atom stereocenters. The molecule has 0 bridgehead atoms. The third-order valence-electron chi connectivity index (χ3n) is 6.68. The number of halogens is 2. The third-order valence-corrected chi connectivity index (χ3v) is 7.63. The molecule has 3 heterocycles. The number of thiocarbonyl (C=S) groups is 1. The van der Waals surface area contributed by atoms with Gasteiger partial charge in [-0.1, -0.05) is 29.3 Å². The van der Waals surface area contributed by atoms with E-state index in [4.69, 9.17) is 49.6 Å². The second-order valence-corrected chi connectivity index (χ2v) is 10.5. The Bertz CT molecular complexity index is 1220. The fourth-order valence-electron chi connectivity index (χ4n) is 4.75. The lowest BCUT2D eigenvalue weighted by molar-refractivity contribution is -0.189. The van der Waals surface area contributed by atoms with E-state index in [2.05, 4.69) is 39.2 Å². The highest BCUT2D eigenvalue weighted by molar-refractivity contribution is 7.80. The summed E-state index contributed by atoms with van der Waals surface area (Å²) < 4.78 is 20.7. The van der Waals surface area contributed by atoms with Crippen LogP contribution in [0.5, 0.6) is 5.75 Å². The van der Waals surface area contributed by atoms with Crippen molar-refractivity contribution in [3.8, 4) is 5.75 Å². The van der Waals surface area contributed by atoms with Gasteiger partial charge in [-0.2, -0.15) is 0 Å². The molecular weight excluding hydrogens is 545 g/mol. The molecule has 2 aliphatic heterocycles. The van der Waals surface area contributed by atoms with E-state index >= 15 is 0 Å². The molecule has 1 aromatic heterocycles. The van der Waals surface area contributed by atoms with Gasteiger partial charge in [0.2, 0.25) is 5.79 Å². The molecule has 2 unspecified atom stereocenters. The van der Waals surface area contributed by atoms with Gasteiger partial charge in [0.1, 0.15) is 18.5 Å². The number of piperazine rings is 1. The van der Waals surface area contributed by atoms with E-state index in [9.17, 15) is 0 Å².